The minimum absolute atomic E-state index is 0. The van der Waals surface area contributed by atoms with Crippen molar-refractivity contribution in [3.05, 3.63) is 46.6 Å². The molecule has 0 fully saturated rings. The van der Waals surface area contributed by atoms with Gasteiger partial charge in [-0.1, -0.05) is 0 Å². The van der Waals surface area contributed by atoms with Crippen LogP contribution in [0.25, 0.3) is 0 Å². The van der Waals surface area contributed by atoms with Crippen molar-refractivity contribution >= 4 is 32.2 Å². The molecule has 2 unspecified atom stereocenters. The Morgan fingerprint density at radius 3 is 1.54 bits per heavy atom. The van der Waals surface area contributed by atoms with Crippen molar-refractivity contribution in [1.29, 1.82) is 0 Å². The van der Waals surface area contributed by atoms with E-state index in [1.807, 2.05) is 11.1 Å². The van der Waals surface area contributed by atoms with Gasteiger partial charge in [0, 0.05) is 0 Å². The third-order valence-electron chi connectivity index (χ3n) is 7.07. The molecule has 4 heteroatoms. The molecule has 0 aromatic heterocycles. The molecule has 4 aliphatic carbocycles. The maximum atomic E-state index is 2.81. The SMILES string of the molecule is Cl.Cl.[CH3][Zr]([CH3])([SiH3])([CH]1C=CC2=C1CCCC2)[CH]1C=CC2=C1CCCC2. The molecule has 0 aromatic rings. The Labute approximate surface area is 163 Å². The van der Waals surface area contributed by atoms with E-state index in [0.717, 1.165) is 7.25 Å². The van der Waals surface area contributed by atoms with Crippen LogP contribution in [0.5, 0.6) is 0 Å². The van der Waals surface area contributed by atoms with Gasteiger partial charge in [-0.3, -0.25) is 0 Å². The number of halogens is 2. The second-order valence-corrected chi connectivity index (χ2v) is 48.0. The number of allylic oxidation sites excluding steroid dienone is 8. The van der Waals surface area contributed by atoms with Crippen LogP contribution in [0, 0.1) is 0 Å². The number of rotatable bonds is 2. The molecular weight excluding hydrogens is 430 g/mol. The van der Waals surface area contributed by atoms with Gasteiger partial charge in [0.05, 0.1) is 0 Å². The van der Waals surface area contributed by atoms with Crippen LogP contribution >= 0.6 is 24.8 Å². The maximum absolute atomic E-state index is 2.81. The van der Waals surface area contributed by atoms with Crippen LogP contribution in [0.1, 0.15) is 51.4 Å². The van der Waals surface area contributed by atoms with Crippen LogP contribution < -0.4 is 0 Å². The Hall–Kier alpha value is 0.640. The molecule has 4 rings (SSSR count). The molecule has 0 N–H and O–H groups in total. The first kappa shape index (κ1) is 20.9. The van der Waals surface area contributed by atoms with Gasteiger partial charge in [-0.2, -0.15) is 0 Å². The number of hydrogen-bond donors (Lipinski definition) is 0. The van der Waals surface area contributed by atoms with E-state index in [1.165, 1.54) is 58.7 Å². The zero-order valence-corrected chi connectivity index (χ0v) is 21.5. The number of hydrogen-bond acceptors (Lipinski definition) is 0. The summed E-state index contributed by atoms with van der Waals surface area (Å²) < 4.78 is 7.41. The summed E-state index contributed by atoms with van der Waals surface area (Å²) in [6.07, 6.45) is 21.7. The third kappa shape index (κ3) is 3.30. The first-order chi connectivity index (χ1) is 10.5. The molecule has 0 heterocycles. The predicted molar refractivity (Wildman–Crippen MR) is 113 cm³/mol. The fourth-order valence-corrected chi connectivity index (χ4v) is 24.7. The Bertz CT molecular complexity index is 582. The standard InChI is InChI=1S/2C9H11.2CH3.2ClH.H3Si.Zr/c2*1-2-5-9-7-3-6-8(9)4-1;;;;;;/h2*3,6-7H,1-2,4-5H2;2*1H3;2*1H;1H3;. The van der Waals surface area contributed by atoms with Gasteiger partial charge < -0.3 is 0 Å². The average molecular weight is 464 g/mol. The molecule has 0 aromatic carbocycles. The van der Waals surface area contributed by atoms with Gasteiger partial charge in [0.25, 0.3) is 0 Å². The molecule has 2 atom stereocenters. The van der Waals surface area contributed by atoms with E-state index in [4.69, 9.17) is 0 Å². The van der Waals surface area contributed by atoms with Gasteiger partial charge >= 0.3 is 140 Å². The summed E-state index contributed by atoms with van der Waals surface area (Å²) in [7, 11) is 1.45. The van der Waals surface area contributed by atoms with Crippen molar-refractivity contribution in [2.75, 3.05) is 0 Å². The Kier molecular flexibility index (Phi) is 6.40. The van der Waals surface area contributed by atoms with Crippen LogP contribution in [0.3, 0.4) is 0 Å². The molecule has 0 nitrogen and oxygen atoms in total. The Morgan fingerprint density at radius 2 is 1.12 bits per heavy atom. The normalized spacial score (nSPS) is 30.3. The van der Waals surface area contributed by atoms with Crippen molar-refractivity contribution in [3.63, 3.8) is 0 Å². The molecule has 0 radical (unpaired) electrons. The first-order valence-corrected chi connectivity index (χ1v) is 25.6. The molecular formula is C20H33Cl2SiZr. The van der Waals surface area contributed by atoms with E-state index in [1.54, 1.807) is 11.1 Å². The monoisotopic (exact) mass is 461 g/mol. The van der Waals surface area contributed by atoms with Crippen LogP contribution in [-0.2, 0) is 17.9 Å². The van der Waals surface area contributed by atoms with Gasteiger partial charge in [0.15, 0.2) is 0 Å². The van der Waals surface area contributed by atoms with Crippen LogP contribution in [0.4, 0.5) is 0 Å². The van der Waals surface area contributed by atoms with Gasteiger partial charge in [0.2, 0.25) is 0 Å². The average Bonchev–Trinajstić information content (AvgIpc) is 3.12. The van der Waals surface area contributed by atoms with Crippen molar-refractivity contribution < 1.29 is 17.9 Å². The zero-order chi connectivity index (χ0) is 15.4. The fourth-order valence-electron chi connectivity index (χ4n) is 5.78. The van der Waals surface area contributed by atoms with Crippen LogP contribution in [0.2, 0.25) is 16.5 Å². The summed E-state index contributed by atoms with van der Waals surface area (Å²) >= 11 is -2.73. The van der Waals surface area contributed by atoms with Crippen molar-refractivity contribution in [2.24, 2.45) is 0 Å². The van der Waals surface area contributed by atoms with Gasteiger partial charge in [-0.15, -0.1) is 24.8 Å². The summed E-state index contributed by atoms with van der Waals surface area (Å²) in [5.41, 5.74) is 7.29. The summed E-state index contributed by atoms with van der Waals surface area (Å²) in [5.74, 6) is 0. The van der Waals surface area contributed by atoms with E-state index in [-0.39, 0.29) is 24.8 Å². The first-order valence-electron chi connectivity index (χ1n) is 9.48. The van der Waals surface area contributed by atoms with E-state index in [2.05, 4.69) is 33.6 Å². The van der Waals surface area contributed by atoms with Crippen LogP contribution in [-0.4, -0.2) is 7.37 Å². The molecule has 0 aliphatic heterocycles. The quantitative estimate of drug-likeness (QED) is 0.418. The Morgan fingerprint density at radius 1 is 0.750 bits per heavy atom. The molecule has 135 valence electrons. The fraction of sp³-hybridized carbons (Fsp3) is 0.600. The topological polar surface area (TPSA) is 0 Å². The molecule has 0 saturated heterocycles. The third-order valence-corrected chi connectivity index (χ3v) is 28.0. The molecule has 0 amide bonds. The van der Waals surface area contributed by atoms with Gasteiger partial charge in [-0.25, -0.2) is 0 Å². The second kappa shape index (κ2) is 7.34. The summed E-state index contributed by atoms with van der Waals surface area (Å²) in [4.78, 5) is 0. The van der Waals surface area contributed by atoms with E-state index in [9.17, 15) is 0 Å². The molecule has 24 heavy (non-hydrogen) atoms. The summed E-state index contributed by atoms with van der Waals surface area (Å²) in [6.45, 7) is 0. The zero-order valence-electron chi connectivity index (χ0n) is 15.4. The predicted octanol–water partition coefficient (Wildman–Crippen LogP) is 6.35. The van der Waals surface area contributed by atoms with Gasteiger partial charge in [0.1, 0.15) is 0 Å². The van der Waals surface area contributed by atoms with E-state index < -0.39 is 17.9 Å². The molecule has 4 aliphatic rings. The van der Waals surface area contributed by atoms with E-state index in [0.29, 0.717) is 0 Å². The van der Waals surface area contributed by atoms with E-state index >= 15 is 0 Å². The van der Waals surface area contributed by atoms with Crippen molar-refractivity contribution in [2.45, 2.75) is 67.9 Å². The minimum atomic E-state index is -2.73. The Balaban J connectivity index is 0.00000104. The van der Waals surface area contributed by atoms with Crippen LogP contribution in [0.15, 0.2) is 46.6 Å². The van der Waals surface area contributed by atoms with Gasteiger partial charge in [-0.05, 0) is 0 Å². The summed E-state index contributed by atoms with van der Waals surface area (Å²) in [5, 5.41) is 0. The van der Waals surface area contributed by atoms with Crippen molar-refractivity contribution in [3.8, 4) is 0 Å². The molecule has 0 saturated carbocycles. The second-order valence-electron chi connectivity index (χ2n) is 9.59. The van der Waals surface area contributed by atoms with Crippen molar-refractivity contribution in [1.82, 2.24) is 0 Å². The molecule has 0 bridgehead atoms. The molecule has 0 spiro atoms. The summed E-state index contributed by atoms with van der Waals surface area (Å²) in [6, 6.07) is 0.